The van der Waals surface area contributed by atoms with Gasteiger partial charge in [-0.2, -0.15) is 5.43 Å². The Morgan fingerprint density at radius 3 is 2.37 bits per heavy atom. The van der Waals surface area contributed by atoms with Crippen molar-refractivity contribution in [1.29, 1.82) is 0 Å². The van der Waals surface area contributed by atoms with Gasteiger partial charge in [-0.1, -0.05) is 55.8 Å². The summed E-state index contributed by atoms with van der Waals surface area (Å²) in [5, 5.41) is 4.53. The molecular formula is C29H36FN5O3. The molecule has 2 saturated heterocycles. The quantitative estimate of drug-likeness (QED) is 0.581. The molecule has 2 aromatic carbocycles. The van der Waals surface area contributed by atoms with Gasteiger partial charge in [0.05, 0.1) is 12.5 Å². The number of fused-ring (bicyclic) bond motifs is 3. The number of urea groups is 1. The van der Waals surface area contributed by atoms with Gasteiger partial charge >= 0.3 is 6.03 Å². The molecule has 0 radical (unpaired) electrons. The number of benzene rings is 2. The van der Waals surface area contributed by atoms with Crippen LogP contribution in [0.5, 0.6) is 0 Å². The molecule has 4 amide bonds. The Hall–Kier alpha value is -3.46. The Bertz CT molecular complexity index is 1190. The minimum Gasteiger partial charge on any atom is -0.356 e. The van der Waals surface area contributed by atoms with Gasteiger partial charge < -0.3 is 10.2 Å². The van der Waals surface area contributed by atoms with E-state index in [0.29, 0.717) is 38.3 Å². The van der Waals surface area contributed by atoms with Crippen LogP contribution in [0.2, 0.25) is 0 Å². The highest BCUT2D eigenvalue weighted by atomic mass is 19.1. The molecule has 4 unspecified atom stereocenters. The molecule has 2 heterocycles. The van der Waals surface area contributed by atoms with Crippen molar-refractivity contribution in [2.45, 2.75) is 65.5 Å². The number of carbonyl (C=O) groups is 3. The number of nitrogens with zero attached hydrogens (tertiary/aromatic N) is 3. The zero-order chi connectivity index (χ0) is 27.0. The largest absolute Gasteiger partial charge is 0.356 e. The number of carbonyl (C=O) groups excluding carboxylic acids is 3. The molecule has 2 aromatic rings. The van der Waals surface area contributed by atoms with Gasteiger partial charge in [0.25, 0.3) is 0 Å². The number of aryl methyl sites for hydroxylation is 1. The predicted molar refractivity (Wildman–Crippen MR) is 140 cm³/mol. The normalized spacial score (nSPS) is 25.0. The van der Waals surface area contributed by atoms with E-state index in [4.69, 9.17) is 0 Å². The van der Waals surface area contributed by atoms with Crippen molar-refractivity contribution >= 4 is 17.8 Å². The zero-order valence-electron chi connectivity index (χ0n) is 22.2. The Balaban J connectivity index is 1.41. The van der Waals surface area contributed by atoms with E-state index in [2.05, 4.69) is 24.6 Å². The minimum atomic E-state index is -0.657. The Kier molecular flexibility index (Phi) is 7.38. The van der Waals surface area contributed by atoms with Crippen LogP contribution in [0, 0.1) is 30.5 Å². The summed E-state index contributed by atoms with van der Waals surface area (Å²) in [4.78, 5) is 44.1. The van der Waals surface area contributed by atoms with Crippen molar-refractivity contribution in [3.05, 3.63) is 71.0 Å². The maximum absolute atomic E-state index is 13.9. The van der Waals surface area contributed by atoms with Gasteiger partial charge in [0, 0.05) is 25.0 Å². The highest BCUT2D eigenvalue weighted by molar-refractivity contribution is 5.87. The van der Waals surface area contributed by atoms with Gasteiger partial charge in [-0.3, -0.25) is 19.5 Å². The van der Waals surface area contributed by atoms with Crippen LogP contribution in [0.25, 0.3) is 0 Å². The predicted octanol–water partition coefficient (Wildman–Crippen LogP) is 3.76. The second-order valence-electron chi connectivity index (χ2n) is 11.2. The molecule has 9 heteroatoms. The van der Waals surface area contributed by atoms with Crippen LogP contribution >= 0.6 is 0 Å². The summed E-state index contributed by atoms with van der Waals surface area (Å²) in [5.41, 5.74) is 6.14. The van der Waals surface area contributed by atoms with Crippen molar-refractivity contribution in [2.75, 3.05) is 6.54 Å². The van der Waals surface area contributed by atoms with Crippen molar-refractivity contribution in [3.8, 4) is 0 Å². The van der Waals surface area contributed by atoms with E-state index in [-0.39, 0.29) is 48.1 Å². The van der Waals surface area contributed by atoms with Gasteiger partial charge in [0.15, 0.2) is 6.29 Å². The summed E-state index contributed by atoms with van der Waals surface area (Å²) in [6.07, 6.45) is 0.972. The smallest absolute Gasteiger partial charge is 0.337 e. The van der Waals surface area contributed by atoms with Crippen molar-refractivity contribution in [1.82, 2.24) is 25.6 Å². The molecule has 1 aliphatic carbocycles. The summed E-state index contributed by atoms with van der Waals surface area (Å²) >= 11 is 0. The average molecular weight is 522 g/mol. The number of nitrogens with one attached hydrogen (secondary N) is 2. The first-order chi connectivity index (χ1) is 18.2. The molecule has 1 saturated carbocycles. The molecule has 3 aliphatic rings. The third-order valence-electron chi connectivity index (χ3n) is 7.84. The second kappa shape index (κ2) is 10.7. The zero-order valence-corrected chi connectivity index (χ0v) is 22.2. The molecule has 38 heavy (non-hydrogen) atoms. The number of hydrogen-bond donors (Lipinski definition) is 2. The van der Waals surface area contributed by atoms with Crippen LogP contribution in [0.4, 0.5) is 9.18 Å². The fraction of sp³-hybridized carbons (Fsp3) is 0.483. The second-order valence-corrected chi connectivity index (χ2v) is 11.2. The Labute approximate surface area is 223 Å². The van der Waals surface area contributed by atoms with E-state index in [1.807, 2.05) is 31.2 Å². The van der Waals surface area contributed by atoms with Crippen LogP contribution in [0.3, 0.4) is 0 Å². The molecule has 0 bridgehead atoms. The highest BCUT2D eigenvalue weighted by Crippen LogP contribution is 2.41. The summed E-state index contributed by atoms with van der Waals surface area (Å²) in [6.45, 7) is 7.32. The molecule has 0 spiro atoms. The average Bonchev–Trinajstić information content (AvgIpc) is 3.22. The number of halogens is 1. The van der Waals surface area contributed by atoms with E-state index in [1.165, 1.54) is 17.1 Å². The highest BCUT2D eigenvalue weighted by Gasteiger charge is 2.56. The molecule has 0 aromatic heterocycles. The van der Waals surface area contributed by atoms with E-state index >= 15 is 0 Å². The standard InChI is InChI=1S/C29H36FN5O3/c1-18(2)15-31-26(36)22-10-13-24-25(14-22)35-28(33(27(24)37)16-20-6-4-19(3)5-7-20)32-34(29(35)38)17-21-8-11-23(30)12-9-21/h4-9,11-12,18,22,24-25,28,32H,10,13-17H2,1-3H3,(H,31,36). The van der Waals surface area contributed by atoms with Crippen molar-refractivity contribution < 1.29 is 18.8 Å². The van der Waals surface area contributed by atoms with Gasteiger partial charge in [0.2, 0.25) is 11.8 Å². The number of hydrazine groups is 1. The number of amides is 4. The Morgan fingerprint density at radius 2 is 1.68 bits per heavy atom. The molecule has 2 N–H and O–H groups in total. The lowest BCUT2D eigenvalue weighted by molar-refractivity contribution is -0.159. The maximum atomic E-state index is 13.9. The molecule has 202 valence electrons. The van der Waals surface area contributed by atoms with E-state index in [1.54, 1.807) is 21.9 Å². The maximum Gasteiger partial charge on any atom is 0.337 e. The summed E-state index contributed by atoms with van der Waals surface area (Å²) in [6, 6.07) is 13.5. The van der Waals surface area contributed by atoms with Crippen LogP contribution < -0.4 is 10.7 Å². The van der Waals surface area contributed by atoms with Gasteiger partial charge in [-0.05, 0) is 55.4 Å². The fourth-order valence-electron chi connectivity index (χ4n) is 5.75. The SMILES string of the molecule is Cc1ccc(CN2C(=O)C3CCC(C(=O)NCC(C)C)CC3N3C(=O)N(Cc4ccc(F)cc4)NC23)cc1. The topological polar surface area (TPSA) is 85.0 Å². The first-order valence-corrected chi connectivity index (χ1v) is 13.5. The Morgan fingerprint density at radius 1 is 1.03 bits per heavy atom. The molecule has 3 fully saturated rings. The van der Waals surface area contributed by atoms with Crippen LogP contribution in [-0.4, -0.2) is 51.5 Å². The fourth-order valence-corrected chi connectivity index (χ4v) is 5.75. The van der Waals surface area contributed by atoms with Crippen LogP contribution in [-0.2, 0) is 22.7 Å². The van der Waals surface area contributed by atoms with Gasteiger partial charge in [0.1, 0.15) is 5.82 Å². The summed E-state index contributed by atoms with van der Waals surface area (Å²) in [7, 11) is 0. The van der Waals surface area contributed by atoms with E-state index < -0.39 is 6.29 Å². The van der Waals surface area contributed by atoms with Crippen molar-refractivity contribution in [2.24, 2.45) is 17.8 Å². The van der Waals surface area contributed by atoms with Crippen LogP contribution in [0.15, 0.2) is 48.5 Å². The van der Waals surface area contributed by atoms with Crippen molar-refractivity contribution in [3.63, 3.8) is 0 Å². The lowest BCUT2D eigenvalue weighted by atomic mass is 9.75. The molecule has 5 rings (SSSR count). The summed E-state index contributed by atoms with van der Waals surface area (Å²) in [5.74, 6) is -0.606. The monoisotopic (exact) mass is 521 g/mol. The molecule has 2 aliphatic heterocycles. The van der Waals surface area contributed by atoms with Gasteiger partial charge in [-0.15, -0.1) is 0 Å². The third kappa shape index (κ3) is 5.25. The summed E-state index contributed by atoms with van der Waals surface area (Å²) < 4.78 is 13.4. The van der Waals surface area contributed by atoms with Gasteiger partial charge in [-0.25, -0.2) is 9.18 Å². The van der Waals surface area contributed by atoms with Crippen LogP contribution in [0.1, 0.15) is 49.8 Å². The number of rotatable bonds is 7. The molecule has 4 atom stereocenters. The van der Waals surface area contributed by atoms with E-state index in [0.717, 1.165) is 16.7 Å². The first kappa shape index (κ1) is 26.2. The molecule has 8 nitrogen and oxygen atoms in total. The number of hydrogen-bond acceptors (Lipinski definition) is 4. The van der Waals surface area contributed by atoms with E-state index in [9.17, 15) is 18.8 Å². The molecular weight excluding hydrogens is 485 g/mol. The lowest BCUT2D eigenvalue weighted by Crippen LogP contribution is -2.66. The third-order valence-corrected chi connectivity index (χ3v) is 7.84. The first-order valence-electron chi connectivity index (χ1n) is 13.5. The minimum absolute atomic E-state index is 0.00166. The lowest BCUT2D eigenvalue weighted by Gasteiger charge is -2.49.